The summed E-state index contributed by atoms with van der Waals surface area (Å²) in [4.78, 5) is 39.6. The molecule has 0 saturated carbocycles. The summed E-state index contributed by atoms with van der Waals surface area (Å²) < 4.78 is 27.6. The molecule has 0 bridgehead atoms. The summed E-state index contributed by atoms with van der Waals surface area (Å²) in [5, 5.41) is 16.1. The Kier molecular flexibility index (Phi) is 12.3. The van der Waals surface area contributed by atoms with E-state index in [1.165, 1.54) is 6.07 Å². The van der Waals surface area contributed by atoms with Crippen LogP contribution >= 0.6 is 0 Å². The van der Waals surface area contributed by atoms with Gasteiger partial charge in [0.05, 0.1) is 18.7 Å². The number of carbonyl (C=O) groups excluding carboxylic acids is 3. The van der Waals surface area contributed by atoms with Crippen LogP contribution in [-0.2, 0) is 11.2 Å². The van der Waals surface area contributed by atoms with E-state index >= 15 is 0 Å². The monoisotopic (exact) mass is 532 g/mol. The maximum absolute atomic E-state index is 13.8. The molecule has 0 heterocycles. The molecule has 0 radical (unpaired) electrons. The van der Waals surface area contributed by atoms with Crippen LogP contribution in [0.2, 0.25) is 0 Å². The molecule has 5 N–H and O–H groups in total. The van der Waals surface area contributed by atoms with E-state index in [1.807, 2.05) is 13.8 Å². The molecule has 2 aromatic rings. The van der Waals surface area contributed by atoms with Crippen LogP contribution < -0.4 is 16.4 Å². The van der Waals surface area contributed by atoms with Gasteiger partial charge in [-0.05, 0) is 74.1 Å². The van der Waals surface area contributed by atoms with E-state index in [9.17, 15) is 28.3 Å². The van der Waals surface area contributed by atoms with E-state index in [4.69, 9.17) is 5.73 Å². The highest BCUT2D eigenvalue weighted by Gasteiger charge is 2.24. The molecule has 0 spiro atoms. The van der Waals surface area contributed by atoms with Crippen molar-refractivity contribution >= 4 is 17.7 Å². The second-order valence-electron chi connectivity index (χ2n) is 9.35. The second kappa shape index (κ2) is 15.1. The minimum absolute atomic E-state index is 0.0645. The second-order valence-corrected chi connectivity index (χ2v) is 9.35. The van der Waals surface area contributed by atoms with Crippen LogP contribution in [0.4, 0.5) is 8.78 Å². The van der Waals surface area contributed by atoms with Crippen LogP contribution in [-0.4, -0.2) is 66.1 Å². The number of carbonyl (C=O) groups is 3. The molecule has 2 rings (SSSR count). The Morgan fingerprint density at radius 2 is 1.58 bits per heavy atom. The number of hydrogen-bond donors (Lipinski definition) is 4. The molecule has 38 heavy (non-hydrogen) atoms. The van der Waals surface area contributed by atoms with Crippen LogP contribution in [0.25, 0.3) is 0 Å². The fraction of sp³-hybridized carbons (Fsp3) is 0.464. The summed E-state index contributed by atoms with van der Waals surface area (Å²) >= 11 is 0. The van der Waals surface area contributed by atoms with Gasteiger partial charge in [0.2, 0.25) is 5.91 Å². The number of halogens is 2. The number of aliphatic hydroxyl groups excluding tert-OH is 1. The summed E-state index contributed by atoms with van der Waals surface area (Å²) in [7, 11) is 0. The molecule has 208 valence electrons. The third-order valence-electron chi connectivity index (χ3n) is 5.97. The van der Waals surface area contributed by atoms with Crippen molar-refractivity contribution in [3.8, 4) is 0 Å². The van der Waals surface area contributed by atoms with Crippen molar-refractivity contribution in [3.05, 3.63) is 70.3 Å². The average Bonchev–Trinajstić information content (AvgIpc) is 2.86. The zero-order valence-corrected chi connectivity index (χ0v) is 22.2. The van der Waals surface area contributed by atoms with Gasteiger partial charge in [0, 0.05) is 36.8 Å². The first-order chi connectivity index (χ1) is 18.1. The Balaban J connectivity index is 2.29. The van der Waals surface area contributed by atoms with Gasteiger partial charge in [-0.25, -0.2) is 8.78 Å². The highest BCUT2D eigenvalue weighted by Crippen LogP contribution is 2.16. The molecule has 2 aromatic carbocycles. The summed E-state index contributed by atoms with van der Waals surface area (Å²) in [6.07, 6.45) is 0.451. The van der Waals surface area contributed by atoms with Crippen molar-refractivity contribution in [2.75, 3.05) is 26.2 Å². The highest BCUT2D eigenvalue weighted by molar-refractivity contribution is 6.00. The van der Waals surface area contributed by atoms with Crippen molar-refractivity contribution in [2.45, 2.75) is 58.6 Å². The number of amides is 3. The molecule has 0 saturated heterocycles. The van der Waals surface area contributed by atoms with E-state index in [0.29, 0.717) is 24.2 Å². The Hall–Kier alpha value is -3.37. The lowest BCUT2D eigenvalue weighted by Crippen LogP contribution is -2.46. The molecule has 0 unspecified atom stereocenters. The molecule has 2 atom stereocenters. The van der Waals surface area contributed by atoms with Crippen LogP contribution in [0.3, 0.4) is 0 Å². The summed E-state index contributed by atoms with van der Waals surface area (Å²) in [6.45, 7) is 6.84. The summed E-state index contributed by atoms with van der Waals surface area (Å²) in [5.74, 6) is -2.68. The topological polar surface area (TPSA) is 125 Å². The summed E-state index contributed by atoms with van der Waals surface area (Å²) in [5.41, 5.74) is 6.83. The number of rotatable bonds is 14. The van der Waals surface area contributed by atoms with E-state index < -0.39 is 35.6 Å². The molecule has 0 aliphatic rings. The minimum atomic E-state index is -1.15. The standard InChI is InChI=1S/C28H38F2N4O4/c1-4-8-34(9-5-2)28(38)21-11-18(3)10-20(15-21)27(37)33-24(25(35)6-7-32-26(36)17-31)14-19-12-22(29)16-23(30)13-19/h10-13,15-16,24-25,35H,4-9,14,17,31H2,1-3H3,(H,32,36)(H,33,37)/t24-,25+/m0/s1. The molecule has 10 heteroatoms. The molecule has 0 aromatic heterocycles. The predicted octanol–water partition coefficient (Wildman–Crippen LogP) is 2.70. The number of nitrogens with one attached hydrogen (secondary N) is 2. The zero-order chi connectivity index (χ0) is 28.2. The van der Waals surface area contributed by atoms with Gasteiger partial charge in [0.15, 0.2) is 0 Å². The largest absolute Gasteiger partial charge is 0.391 e. The van der Waals surface area contributed by atoms with Crippen LogP contribution in [0.1, 0.15) is 65.0 Å². The van der Waals surface area contributed by atoms with Crippen molar-refractivity contribution in [3.63, 3.8) is 0 Å². The van der Waals surface area contributed by atoms with Gasteiger partial charge in [-0.3, -0.25) is 14.4 Å². The summed E-state index contributed by atoms with van der Waals surface area (Å²) in [6, 6.07) is 6.92. The van der Waals surface area contributed by atoms with Crippen LogP contribution in [0.5, 0.6) is 0 Å². The zero-order valence-electron chi connectivity index (χ0n) is 22.2. The van der Waals surface area contributed by atoms with Gasteiger partial charge >= 0.3 is 0 Å². The Bertz CT molecular complexity index is 1090. The number of aryl methyl sites for hydroxylation is 1. The van der Waals surface area contributed by atoms with Crippen LogP contribution in [0.15, 0.2) is 36.4 Å². The quantitative estimate of drug-likeness (QED) is 0.298. The minimum Gasteiger partial charge on any atom is -0.391 e. The molecular formula is C28H38F2N4O4. The van der Waals surface area contributed by atoms with Crippen molar-refractivity contribution < 1.29 is 28.3 Å². The van der Waals surface area contributed by atoms with Gasteiger partial charge in [0.25, 0.3) is 11.8 Å². The van der Waals surface area contributed by atoms with E-state index in [1.54, 1.807) is 24.0 Å². The lowest BCUT2D eigenvalue weighted by molar-refractivity contribution is -0.119. The Morgan fingerprint density at radius 1 is 0.974 bits per heavy atom. The highest BCUT2D eigenvalue weighted by atomic mass is 19.1. The average molecular weight is 533 g/mol. The molecule has 0 aliphatic carbocycles. The maximum Gasteiger partial charge on any atom is 0.253 e. The first-order valence-corrected chi connectivity index (χ1v) is 12.9. The van der Waals surface area contributed by atoms with Gasteiger partial charge in [-0.15, -0.1) is 0 Å². The Morgan fingerprint density at radius 3 is 2.16 bits per heavy atom. The number of benzene rings is 2. The molecule has 0 aliphatic heterocycles. The van der Waals surface area contributed by atoms with Gasteiger partial charge in [-0.2, -0.15) is 0 Å². The molecule has 3 amide bonds. The van der Waals surface area contributed by atoms with E-state index in [0.717, 1.165) is 31.0 Å². The number of aliphatic hydroxyl groups is 1. The number of hydrogen-bond acceptors (Lipinski definition) is 5. The van der Waals surface area contributed by atoms with Gasteiger partial charge in [0.1, 0.15) is 11.6 Å². The van der Waals surface area contributed by atoms with E-state index in [-0.39, 0.29) is 43.0 Å². The van der Waals surface area contributed by atoms with Crippen molar-refractivity contribution in [1.82, 2.24) is 15.5 Å². The predicted molar refractivity (Wildman–Crippen MR) is 142 cm³/mol. The molecule has 0 fully saturated rings. The van der Waals surface area contributed by atoms with Crippen molar-refractivity contribution in [1.29, 1.82) is 0 Å². The maximum atomic E-state index is 13.8. The Labute approximate surface area is 222 Å². The third-order valence-corrected chi connectivity index (χ3v) is 5.97. The SMILES string of the molecule is CCCN(CCC)C(=O)c1cc(C)cc(C(=O)N[C@@H](Cc2cc(F)cc(F)c2)[C@H](O)CCNC(=O)CN)c1. The smallest absolute Gasteiger partial charge is 0.253 e. The normalized spacial score (nSPS) is 12.5. The fourth-order valence-electron chi connectivity index (χ4n) is 4.23. The van der Waals surface area contributed by atoms with Gasteiger partial charge in [-0.1, -0.05) is 13.8 Å². The van der Waals surface area contributed by atoms with E-state index in [2.05, 4.69) is 10.6 Å². The van der Waals surface area contributed by atoms with Gasteiger partial charge < -0.3 is 26.4 Å². The number of nitrogens with two attached hydrogens (primary N) is 1. The fourth-order valence-corrected chi connectivity index (χ4v) is 4.23. The lowest BCUT2D eigenvalue weighted by atomic mass is 9.97. The molecular weight excluding hydrogens is 494 g/mol. The lowest BCUT2D eigenvalue weighted by Gasteiger charge is -2.25. The van der Waals surface area contributed by atoms with Crippen LogP contribution in [0, 0.1) is 18.6 Å². The first-order valence-electron chi connectivity index (χ1n) is 12.9. The van der Waals surface area contributed by atoms with Crippen molar-refractivity contribution in [2.24, 2.45) is 5.73 Å². The number of nitrogens with zero attached hydrogens (tertiary/aromatic N) is 1. The molecule has 8 nitrogen and oxygen atoms in total. The first kappa shape index (κ1) is 30.9. The third kappa shape index (κ3) is 9.50.